The molecule has 1 aromatic carbocycles. The highest BCUT2D eigenvalue weighted by Gasteiger charge is 2.35. The second-order valence-electron chi connectivity index (χ2n) is 4.03. The Kier molecular flexibility index (Phi) is 3.79. The van der Waals surface area contributed by atoms with Gasteiger partial charge in [0.1, 0.15) is 5.69 Å². The number of benzene rings is 1. The fourth-order valence-electron chi connectivity index (χ4n) is 1.70. The smallest absolute Gasteiger partial charge is 0.327 e. The summed E-state index contributed by atoms with van der Waals surface area (Å²) in [5.74, 6) is 0. The number of nitrogens with one attached hydrogen (secondary N) is 1. The summed E-state index contributed by atoms with van der Waals surface area (Å²) < 4.78 is 76.1. The maximum Gasteiger partial charge on any atom is 0.431 e. The largest absolute Gasteiger partial charge is 0.431 e. The van der Waals surface area contributed by atoms with Gasteiger partial charge in [0.15, 0.2) is 4.77 Å². The fraction of sp³-hybridized carbons (Fsp3) is 0.167. The number of H-pyrrole nitrogens is 1. The van der Waals surface area contributed by atoms with Crippen molar-refractivity contribution >= 4 is 12.2 Å². The minimum absolute atomic E-state index is 0.462. The number of hydrogen-bond acceptors (Lipinski definition) is 2. The van der Waals surface area contributed by atoms with Crippen LogP contribution in [-0.2, 0) is 12.4 Å². The van der Waals surface area contributed by atoms with E-state index in [4.69, 9.17) is 0 Å². The van der Waals surface area contributed by atoms with E-state index in [0.717, 1.165) is 18.2 Å². The van der Waals surface area contributed by atoms with Gasteiger partial charge < -0.3 is 4.98 Å². The predicted octanol–water partition coefficient (Wildman–Crippen LogP) is 4.84. The summed E-state index contributed by atoms with van der Waals surface area (Å²) in [6.07, 6.45) is -9.48. The van der Waals surface area contributed by atoms with Gasteiger partial charge in [-0.05, 0) is 24.4 Å². The molecule has 0 aliphatic carbocycles. The Morgan fingerprint density at radius 1 is 0.952 bits per heavy atom. The zero-order chi connectivity index (χ0) is 15.8. The van der Waals surface area contributed by atoms with E-state index < -0.39 is 39.6 Å². The second kappa shape index (κ2) is 5.14. The quantitative estimate of drug-likeness (QED) is 0.600. The number of rotatable bonds is 1. The third-order valence-electron chi connectivity index (χ3n) is 2.56. The van der Waals surface area contributed by atoms with E-state index in [1.807, 2.05) is 4.98 Å². The van der Waals surface area contributed by atoms with E-state index in [9.17, 15) is 26.3 Å². The summed E-state index contributed by atoms with van der Waals surface area (Å²) in [6, 6.07) is 4.73. The van der Waals surface area contributed by atoms with Gasteiger partial charge in [0.2, 0.25) is 0 Å². The van der Waals surface area contributed by atoms with Crippen molar-refractivity contribution in [2.45, 2.75) is 12.4 Å². The molecule has 0 unspecified atom stereocenters. The maximum absolute atomic E-state index is 12.9. The zero-order valence-electron chi connectivity index (χ0n) is 10.0. The van der Waals surface area contributed by atoms with Crippen molar-refractivity contribution in [3.05, 3.63) is 46.4 Å². The van der Waals surface area contributed by atoms with E-state index in [0.29, 0.717) is 6.07 Å². The van der Waals surface area contributed by atoms with Crippen molar-refractivity contribution in [2.24, 2.45) is 0 Å². The summed E-state index contributed by atoms with van der Waals surface area (Å²) in [6.45, 7) is 0. The average Bonchev–Trinajstić information content (AvgIpc) is 2.36. The van der Waals surface area contributed by atoms with Crippen LogP contribution in [0.5, 0.6) is 0 Å². The zero-order valence-corrected chi connectivity index (χ0v) is 10.8. The first-order valence-electron chi connectivity index (χ1n) is 5.44. The molecule has 2 rings (SSSR count). The molecule has 112 valence electrons. The van der Waals surface area contributed by atoms with Crippen molar-refractivity contribution < 1.29 is 26.3 Å². The lowest BCUT2D eigenvalue weighted by Crippen LogP contribution is -2.11. The van der Waals surface area contributed by atoms with Crippen molar-refractivity contribution in [2.75, 3.05) is 0 Å². The third-order valence-corrected chi connectivity index (χ3v) is 2.75. The van der Waals surface area contributed by atoms with Crippen LogP contribution in [0.15, 0.2) is 30.3 Å². The Balaban J connectivity index is 2.69. The van der Waals surface area contributed by atoms with E-state index >= 15 is 0 Å². The van der Waals surface area contributed by atoms with Crippen LogP contribution in [0.4, 0.5) is 26.3 Å². The first-order valence-corrected chi connectivity index (χ1v) is 5.85. The van der Waals surface area contributed by atoms with Crippen molar-refractivity contribution in [3.63, 3.8) is 0 Å². The first-order chi connectivity index (χ1) is 9.59. The lowest BCUT2D eigenvalue weighted by Gasteiger charge is -2.13. The SMILES string of the molecule is FC(F)(F)c1cc(-c2ccccc2C(F)(F)F)nc(=S)[nH]1. The molecule has 0 spiro atoms. The van der Waals surface area contributed by atoms with Crippen LogP contribution in [0.2, 0.25) is 0 Å². The molecule has 1 N–H and O–H groups in total. The maximum atomic E-state index is 12.9. The second-order valence-corrected chi connectivity index (χ2v) is 4.41. The highest BCUT2D eigenvalue weighted by Crippen LogP contribution is 2.37. The summed E-state index contributed by atoms with van der Waals surface area (Å²) in [7, 11) is 0. The number of aromatic amines is 1. The van der Waals surface area contributed by atoms with Gasteiger partial charge in [0.05, 0.1) is 11.3 Å². The van der Waals surface area contributed by atoms with Gasteiger partial charge in [-0.2, -0.15) is 26.3 Å². The van der Waals surface area contributed by atoms with Gasteiger partial charge in [0.25, 0.3) is 0 Å². The topological polar surface area (TPSA) is 28.7 Å². The highest BCUT2D eigenvalue weighted by molar-refractivity contribution is 7.71. The molecular formula is C12H6F6N2S. The third kappa shape index (κ3) is 3.41. The van der Waals surface area contributed by atoms with Gasteiger partial charge in [-0.25, -0.2) is 4.98 Å². The van der Waals surface area contributed by atoms with E-state index in [1.165, 1.54) is 6.07 Å². The standard InChI is InChI=1S/C12H6F6N2S/c13-11(14,15)7-4-2-1-3-6(7)8-5-9(12(16,17)18)20-10(21)19-8/h1-5H,(H,19,20,21). The van der Waals surface area contributed by atoms with Gasteiger partial charge >= 0.3 is 12.4 Å². The molecule has 0 amide bonds. The van der Waals surface area contributed by atoms with Crippen molar-refractivity contribution in [1.82, 2.24) is 9.97 Å². The molecule has 2 aromatic rings. The number of aromatic nitrogens is 2. The Morgan fingerprint density at radius 3 is 2.14 bits per heavy atom. The van der Waals surface area contributed by atoms with Crippen LogP contribution in [-0.4, -0.2) is 9.97 Å². The van der Waals surface area contributed by atoms with Crippen molar-refractivity contribution in [1.29, 1.82) is 0 Å². The lowest BCUT2D eigenvalue weighted by molar-refractivity contribution is -0.141. The van der Waals surface area contributed by atoms with E-state index in [1.54, 1.807) is 0 Å². The molecule has 0 saturated carbocycles. The normalized spacial score (nSPS) is 12.5. The van der Waals surface area contributed by atoms with Crippen LogP contribution in [0.25, 0.3) is 11.3 Å². The van der Waals surface area contributed by atoms with Crippen LogP contribution in [0.3, 0.4) is 0 Å². The lowest BCUT2D eigenvalue weighted by atomic mass is 10.0. The molecule has 1 aromatic heterocycles. The number of halogens is 6. The number of nitrogens with zero attached hydrogens (tertiary/aromatic N) is 1. The average molecular weight is 324 g/mol. The summed E-state index contributed by atoms with van der Waals surface area (Å²) in [4.78, 5) is 5.36. The summed E-state index contributed by atoms with van der Waals surface area (Å²) in [5.41, 5.74) is -3.28. The Labute approximate surface area is 119 Å². The molecule has 0 fully saturated rings. The van der Waals surface area contributed by atoms with Crippen molar-refractivity contribution in [3.8, 4) is 11.3 Å². The molecular weight excluding hydrogens is 318 g/mol. The first kappa shape index (κ1) is 15.5. The Hall–Kier alpha value is -1.90. The molecule has 2 nitrogen and oxygen atoms in total. The molecule has 0 atom stereocenters. The van der Waals surface area contributed by atoms with Crippen LogP contribution in [0.1, 0.15) is 11.3 Å². The monoisotopic (exact) mass is 324 g/mol. The van der Waals surface area contributed by atoms with Gasteiger partial charge in [0, 0.05) is 5.56 Å². The van der Waals surface area contributed by atoms with Crippen LogP contribution in [0, 0.1) is 4.77 Å². The molecule has 0 radical (unpaired) electrons. The molecule has 0 bridgehead atoms. The van der Waals surface area contributed by atoms with Gasteiger partial charge in [-0.15, -0.1) is 0 Å². The van der Waals surface area contributed by atoms with Gasteiger partial charge in [-0.3, -0.25) is 0 Å². The van der Waals surface area contributed by atoms with Crippen LogP contribution < -0.4 is 0 Å². The Bertz CT molecular complexity index is 717. The predicted molar refractivity (Wildman–Crippen MR) is 64.9 cm³/mol. The molecule has 0 aliphatic rings. The highest BCUT2D eigenvalue weighted by atomic mass is 32.1. The number of alkyl halides is 6. The van der Waals surface area contributed by atoms with Crippen LogP contribution >= 0.6 is 12.2 Å². The van der Waals surface area contributed by atoms with Gasteiger partial charge in [-0.1, -0.05) is 18.2 Å². The minimum Gasteiger partial charge on any atom is -0.327 e. The molecule has 0 aliphatic heterocycles. The van der Waals surface area contributed by atoms with E-state index in [2.05, 4.69) is 17.2 Å². The molecule has 9 heteroatoms. The fourth-order valence-corrected chi connectivity index (χ4v) is 1.91. The minimum atomic E-state index is -4.77. The Morgan fingerprint density at radius 2 is 1.57 bits per heavy atom. The summed E-state index contributed by atoms with van der Waals surface area (Å²) >= 11 is 4.54. The summed E-state index contributed by atoms with van der Waals surface area (Å²) in [5, 5.41) is 0. The molecule has 21 heavy (non-hydrogen) atoms. The van der Waals surface area contributed by atoms with E-state index in [-0.39, 0.29) is 0 Å². The molecule has 0 saturated heterocycles. The number of hydrogen-bond donors (Lipinski definition) is 1. The molecule has 1 heterocycles.